The van der Waals surface area contributed by atoms with E-state index >= 15 is 0 Å². The molecule has 0 radical (unpaired) electrons. The molecule has 0 unspecified atom stereocenters. The number of likely N-dealkylation sites (N-methyl/N-ethyl adjacent to an activating group) is 1. The first-order chi connectivity index (χ1) is 8.69. The monoisotopic (exact) mass is 266 g/mol. The molecule has 0 amide bonds. The van der Waals surface area contributed by atoms with E-state index in [0.29, 0.717) is 18.8 Å². The van der Waals surface area contributed by atoms with Gasteiger partial charge in [-0.15, -0.1) is 0 Å². The second-order valence-corrected chi connectivity index (χ2v) is 4.74. The predicted molar refractivity (Wildman–Crippen MR) is 71.4 cm³/mol. The maximum Gasteiger partial charge on any atom is 0.204 e. The Bertz CT molecular complexity index is 514. The van der Waals surface area contributed by atoms with Gasteiger partial charge in [0.05, 0.1) is 0 Å². The van der Waals surface area contributed by atoms with Crippen molar-refractivity contribution < 1.29 is 4.39 Å². The van der Waals surface area contributed by atoms with Crippen LogP contribution in [0.3, 0.4) is 0 Å². The summed E-state index contributed by atoms with van der Waals surface area (Å²) in [7, 11) is 1.93. The molecule has 0 aliphatic rings. The molecule has 0 saturated carbocycles. The molecule has 0 bridgehead atoms. The lowest BCUT2D eigenvalue weighted by atomic mass is 10.1. The fraction of sp³-hybridized carbons (Fsp3) is 0.333. The molecular formula is C12H15FN4S. The van der Waals surface area contributed by atoms with Gasteiger partial charge in [0.25, 0.3) is 0 Å². The summed E-state index contributed by atoms with van der Waals surface area (Å²) in [5, 5.41) is 0.840. The van der Waals surface area contributed by atoms with E-state index < -0.39 is 0 Å². The van der Waals surface area contributed by atoms with Crippen molar-refractivity contribution in [2.45, 2.75) is 6.42 Å². The third-order valence-electron chi connectivity index (χ3n) is 2.50. The molecule has 2 rings (SSSR count). The Morgan fingerprint density at radius 3 is 3.00 bits per heavy atom. The Hall–Kier alpha value is -1.53. The van der Waals surface area contributed by atoms with Gasteiger partial charge >= 0.3 is 0 Å². The van der Waals surface area contributed by atoms with E-state index in [0.717, 1.165) is 17.2 Å². The first-order valence-electron chi connectivity index (χ1n) is 5.67. The Morgan fingerprint density at radius 1 is 1.44 bits per heavy atom. The second kappa shape index (κ2) is 5.88. The molecule has 18 heavy (non-hydrogen) atoms. The third-order valence-corrected chi connectivity index (χ3v) is 3.37. The number of halogens is 1. The smallest absolute Gasteiger partial charge is 0.204 e. The molecule has 0 aliphatic carbocycles. The van der Waals surface area contributed by atoms with Crippen LogP contribution in [0.4, 0.5) is 9.52 Å². The maximum absolute atomic E-state index is 13.0. The largest absolute Gasteiger partial charge is 0.349 e. The highest BCUT2D eigenvalue weighted by molar-refractivity contribution is 7.09. The van der Waals surface area contributed by atoms with Gasteiger partial charge < -0.3 is 10.6 Å². The quantitative estimate of drug-likeness (QED) is 0.894. The summed E-state index contributed by atoms with van der Waals surface area (Å²) >= 11 is 1.34. The van der Waals surface area contributed by atoms with Crippen molar-refractivity contribution in [2.24, 2.45) is 5.73 Å². The van der Waals surface area contributed by atoms with E-state index in [2.05, 4.69) is 9.36 Å². The van der Waals surface area contributed by atoms with Crippen LogP contribution in [0.1, 0.15) is 11.4 Å². The molecule has 96 valence electrons. The fourth-order valence-corrected chi connectivity index (χ4v) is 2.26. The molecule has 0 saturated heterocycles. The van der Waals surface area contributed by atoms with Gasteiger partial charge in [0.15, 0.2) is 0 Å². The second-order valence-electron chi connectivity index (χ2n) is 4.01. The number of hydrogen-bond acceptors (Lipinski definition) is 5. The van der Waals surface area contributed by atoms with Gasteiger partial charge in [0, 0.05) is 38.1 Å². The van der Waals surface area contributed by atoms with Crippen LogP contribution in [-0.4, -0.2) is 29.5 Å². The summed E-state index contributed by atoms with van der Waals surface area (Å²) in [5.41, 5.74) is 6.36. The normalized spacial score (nSPS) is 10.6. The molecule has 2 N–H and O–H groups in total. The van der Waals surface area contributed by atoms with Crippen molar-refractivity contribution in [3.05, 3.63) is 41.5 Å². The van der Waals surface area contributed by atoms with Crippen molar-refractivity contribution in [2.75, 3.05) is 25.0 Å². The highest BCUT2D eigenvalue weighted by atomic mass is 32.1. The van der Waals surface area contributed by atoms with Crippen molar-refractivity contribution in [1.82, 2.24) is 9.36 Å². The van der Waals surface area contributed by atoms with Gasteiger partial charge in [-0.3, -0.25) is 0 Å². The number of benzene rings is 1. The topological polar surface area (TPSA) is 55.0 Å². The average Bonchev–Trinajstić information content (AvgIpc) is 2.78. The molecule has 2 aromatic rings. The Labute approximate surface area is 109 Å². The van der Waals surface area contributed by atoms with Crippen molar-refractivity contribution in [1.29, 1.82) is 0 Å². The molecule has 0 spiro atoms. The van der Waals surface area contributed by atoms with Crippen molar-refractivity contribution in [3.8, 4) is 0 Å². The summed E-state index contributed by atoms with van der Waals surface area (Å²) in [5.74, 6) is 0.479. The van der Waals surface area contributed by atoms with E-state index in [4.69, 9.17) is 5.73 Å². The number of hydrogen-bond donors (Lipinski definition) is 1. The first kappa shape index (κ1) is 12.9. The summed E-state index contributed by atoms with van der Waals surface area (Å²) < 4.78 is 17.3. The van der Waals surface area contributed by atoms with E-state index in [1.807, 2.05) is 18.0 Å². The Kier molecular flexibility index (Phi) is 4.22. The van der Waals surface area contributed by atoms with Crippen LogP contribution in [0.25, 0.3) is 0 Å². The van der Waals surface area contributed by atoms with Crippen LogP contribution in [0.2, 0.25) is 0 Å². The molecule has 0 fully saturated rings. The van der Waals surface area contributed by atoms with Gasteiger partial charge in [-0.1, -0.05) is 12.1 Å². The average molecular weight is 266 g/mol. The van der Waals surface area contributed by atoms with Crippen molar-refractivity contribution >= 4 is 16.7 Å². The lowest BCUT2D eigenvalue weighted by Gasteiger charge is -2.12. The number of anilines is 1. The van der Waals surface area contributed by atoms with Gasteiger partial charge in [-0.2, -0.15) is 4.37 Å². The zero-order valence-electron chi connectivity index (χ0n) is 10.1. The number of aromatic nitrogens is 2. The van der Waals surface area contributed by atoms with E-state index in [1.54, 1.807) is 6.07 Å². The van der Waals surface area contributed by atoms with Crippen LogP contribution in [0.15, 0.2) is 24.3 Å². The molecule has 0 aliphatic heterocycles. The van der Waals surface area contributed by atoms with E-state index in [9.17, 15) is 4.39 Å². The van der Waals surface area contributed by atoms with Crippen LogP contribution in [-0.2, 0) is 6.42 Å². The zero-order chi connectivity index (χ0) is 13.0. The van der Waals surface area contributed by atoms with Gasteiger partial charge in [0.1, 0.15) is 11.6 Å². The Balaban J connectivity index is 2.06. The molecule has 4 nitrogen and oxygen atoms in total. The fourth-order valence-electron chi connectivity index (χ4n) is 1.59. The third kappa shape index (κ3) is 3.24. The molecule has 1 aromatic carbocycles. The summed E-state index contributed by atoms with van der Waals surface area (Å²) in [4.78, 5) is 6.37. The summed E-state index contributed by atoms with van der Waals surface area (Å²) in [6.07, 6.45) is 0.546. The van der Waals surface area contributed by atoms with Crippen molar-refractivity contribution in [3.63, 3.8) is 0 Å². The minimum Gasteiger partial charge on any atom is -0.349 e. The number of nitrogens with two attached hydrogens (primary N) is 1. The highest BCUT2D eigenvalue weighted by Crippen LogP contribution is 2.17. The van der Waals surface area contributed by atoms with E-state index in [1.165, 1.54) is 23.7 Å². The van der Waals surface area contributed by atoms with Gasteiger partial charge in [0.2, 0.25) is 5.13 Å². The molecule has 6 heteroatoms. The van der Waals surface area contributed by atoms with Gasteiger partial charge in [-0.05, 0) is 17.7 Å². The van der Waals surface area contributed by atoms with Crippen LogP contribution >= 0.6 is 11.5 Å². The molecule has 1 aromatic heterocycles. The van der Waals surface area contributed by atoms with Crippen LogP contribution < -0.4 is 10.6 Å². The standard InChI is InChI=1S/C12H15FN4S/c1-17(6-5-14)12-15-11(16-18-12)8-9-3-2-4-10(13)7-9/h2-4,7H,5-6,8,14H2,1H3. The zero-order valence-corrected chi connectivity index (χ0v) is 11.0. The van der Waals surface area contributed by atoms with E-state index in [-0.39, 0.29) is 5.82 Å². The minimum atomic E-state index is -0.233. The lowest BCUT2D eigenvalue weighted by Crippen LogP contribution is -2.24. The predicted octanol–water partition coefficient (Wildman–Crippen LogP) is 1.66. The van der Waals surface area contributed by atoms with Crippen LogP contribution in [0.5, 0.6) is 0 Å². The minimum absolute atomic E-state index is 0.233. The summed E-state index contributed by atoms with van der Waals surface area (Å²) in [6.45, 7) is 1.32. The molecule has 1 heterocycles. The molecule has 0 atom stereocenters. The number of nitrogens with zero attached hydrogens (tertiary/aromatic N) is 3. The number of rotatable bonds is 5. The molecular weight excluding hydrogens is 251 g/mol. The van der Waals surface area contributed by atoms with Gasteiger partial charge in [-0.25, -0.2) is 9.37 Å². The highest BCUT2D eigenvalue weighted by Gasteiger charge is 2.08. The van der Waals surface area contributed by atoms with Crippen LogP contribution in [0, 0.1) is 5.82 Å². The summed E-state index contributed by atoms with van der Waals surface area (Å²) in [6, 6.07) is 6.49. The lowest BCUT2D eigenvalue weighted by molar-refractivity contribution is 0.626. The Morgan fingerprint density at radius 2 is 2.28 bits per heavy atom. The SMILES string of the molecule is CN(CCN)c1nc(Cc2cccc(F)c2)ns1. The first-order valence-corrected chi connectivity index (χ1v) is 6.44. The maximum atomic E-state index is 13.0.